The predicted molar refractivity (Wildman–Crippen MR) is 91.4 cm³/mol. The van der Waals surface area contributed by atoms with Gasteiger partial charge >= 0.3 is 0 Å². The third-order valence-corrected chi connectivity index (χ3v) is 4.92. The van der Waals surface area contributed by atoms with Gasteiger partial charge in [-0.3, -0.25) is 4.79 Å². The van der Waals surface area contributed by atoms with Gasteiger partial charge in [0.05, 0.1) is 12.5 Å². The second-order valence-electron chi connectivity index (χ2n) is 6.44. The molecule has 124 valence electrons. The van der Waals surface area contributed by atoms with Gasteiger partial charge in [0, 0.05) is 30.9 Å². The first-order valence-electron chi connectivity index (χ1n) is 8.48. The molecule has 0 N–H and O–H groups in total. The first-order valence-corrected chi connectivity index (χ1v) is 8.48. The van der Waals surface area contributed by atoms with E-state index in [1.807, 2.05) is 48.5 Å². The predicted octanol–water partition coefficient (Wildman–Crippen LogP) is 3.46. The van der Waals surface area contributed by atoms with Crippen LogP contribution in [0.2, 0.25) is 0 Å². The number of rotatable bonds is 3. The Kier molecular flexibility index (Phi) is 3.84. The van der Waals surface area contributed by atoms with E-state index < -0.39 is 0 Å². The quantitative estimate of drug-likeness (QED) is 0.741. The van der Waals surface area contributed by atoms with Crippen LogP contribution in [0.4, 0.5) is 0 Å². The summed E-state index contributed by atoms with van der Waals surface area (Å²) in [5.74, 6) is 0.125. The third-order valence-electron chi connectivity index (χ3n) is 4.92. The first-order chi connectivity index (χ1) is 11.7. The van der Waals surface area contributed by atoms with Crippen LogP contribution >= 0.6 is 0 Å². The number of aryl methyl sites for hydroxylation is 1. The molecule has 2 aromatic heterocycles. The molecule has 3 heterocycles. The fraction of sp³-hybridized carbons (Fsp3) is 0.368. The Balaban J connectivity index is 1.59. The van der Waals surface area contributed by atoms with Crippen LogP contribution in [-0.2, 0) is 18.3 Å². The van der Waals surface area contributed by atoms with Gasteiger partial charge < -0.3 is 14.0 Å². The molecule has 1 unspecified atom stereocenters. The molecule has 0 saturated carbocycles. The van der Waals surface area contributed by atoms with Gasteiger partial charge in [-0.2, -0.15) is 0 Å². The van der Waals surface area contributed by atoms with E-state index in [2.05, 4.69) is 15.8 Å². The number of carbonyl (C=O) groups is 1. The molecule has 1 saturated heterocycles. The summed E-state index contributed by atoms with van der Waals surface area (Å²) in [6.45, 7) is 0.810. The smallest absolute Gasteiger partial charge is 0.229 e. The SMILES string of the molecule is Cn1cccc1C1CCCCN1C(=O)Cc1noc2ccccc12. The van der Waals surface area contributed by atoms with Crippen LogP contribution in [0.15, 0.2) is 47.1 Å². The summed E-state index contributed by atoms with van der Waals surface area (Å²) in [5, 5.41) is 5.04. The van der Waals surface area contributed by atoms with E-state index in [4.69, 9.17) is 4.52 Å². The topological polar surface area (TPSA) is 51.3 Å². The van der Waals surface area contributed by atoms with Gasteiger partial charge in [-0.25, -0.2) is 0 Å². The van der Waals surface area contributed by atoms with Gasteiger partial charge in [-0.15, -0.1) is 0 Å². The second kappa shape index (κ2) is 6.15. The minimum atomic E-state index is 0.125. The monoisotopic (exact) mass is 323 g/mol. The van der Waals surface area contributed by atoms with Crippen molar-refractivity contribution in [1.29, 1.82) is 0 Å². The molecule has 0 spiro atoms. The van der Waals surface area contributed by atoms with Crippen molar-refractivity contribution >= 4 is 16.9 Å². The Morgan fingerprint density at radius 1 is 1.25 bits per heavy atom. The molecule has 1 atom stereocenters. The number of aromatic nitrogens is 2. The standard InChI is InChI=1S/C19H21N3O2/c1-21-11-6-9-16(21)17-8-4-5-12-22(17)19(23)13-15-14-7-2-3-10-18(14)24-20-15/h2-3,6-7,9-11,17H,4-5,8,12-13H2,1H3. The molecule has 1 aliphatic heterocycles. The summed E-state index contributed by atoms with van der Waals surface area (Å²) in [4.78, 5) is 15.0. The van der Waals surface area contributed by atoms with E-state index in [1.54, 1.807) is 0 Å². The zero-order chi connectivity index (χ0) is 16.5. The average Bonchev–Trinajstić information content (AvgIpc) is 3.21. The van der Waals surface area contributed by atoms with Crippen molar-refractivity contribution in [2.24, 2.45) is 7.05 Å². The van der Waals surface area contributed by atoms with E-state index in [0.717, 1.165) is 42.5 Å². The molecule has 0 aliphatic carbocycles. The molecule has 24 heavy (non-hydrogen) atoms. The number of para-hydroxylation sites is 1. The highest BCUT2D eigenvalue weighted by Crippen LogP contribution is 2.31. The number of nitrogens with zero attached hydrogens (tertiary/aromatic N) is 3. The molecule has 5 heteroatoms. The van der Waals surface area contributed by atoms with E-state index in [0.29, 0.717) is 0 Å². The number of amides is 1. The molecular weight excluding hydrogens is 302 g/mol. The lowest BCUT2D eigenvalue weighted by Gasteiger charge is -2.36. The van der Waals surface area contributed by atoms with Gasteiger partial charge in [0.2, 0.25) is 5.91 Å². The van der Waals surface area contributed by atoms with Gasteiger partial charge in [0.25, 0.3) is 0 Å². The minimum absolute atomic E-state index is 0.125. The molecule has 3 aromatic rings. The summed E-state index contributed by atoms with van der Waals surface area (Å²) < 4.78 is 7.44. The Hall–Kier alpha value is -2.56. The second-order valence-corrected chi connectivity index (χ2v) is 6.44. The molecular formula is C19H21N3O2. The van der Waals surface area contributed by atoms with Crippen molar-refractivity contribution in [3.05, 3.63) is 54.0 Å². The van der Waals surface area contributed by atoms with Gasteiger partial charge in [-0.05, 0) is 43.5 Å². The van der Waals surface area contributed by atoms with Crippen LogP contribution in [-0.4, -0.2) is 27.1 Å². The number of hydrogen-bond acceptors (Lipinski definition) is 3. The van der Waals surface area contributed by atoms with Crippen molar-refractivity contribution in [2.75, 3.05) is 6.54 Å². The summed E-state index contributed by atoms with van der Waals surface area (Å²) in [5.41, 5.74) is 2.66. The van der Waals surface area contributed by atoms with Crippen LogP contribution in [0.3, 0.4) is 0 Å². The normalized spacial score (nSPS) is 18.2. The van der Waals surface area contributed by atoms with Crippen molar-refractivity contribution in [3.8, 4) is 0 Å². The summed E-state index contributed by atoms with van der Waals surface area (Å²) in [6, 6.07) is 12.0. The first kappa shape index (κ1) is 15.0. The Morgan fingerprint density at radius 2 is 2.12 bits per heavy atom. The zero-order valence-electron chi connectivity index (χ0n) is 13.8. The average molecular weight is 323 g/mol. The van der Waals surface area contributed by atoms with E-state index >= 15 is 0 Å². The van der Waals surface area contributed by atoms with Crippen molar-refractivity contribution in [1.82, 2.24) is 14.6 Å². The van der Waals surface area contributed by atoms with Gasteiger partial charge in [-0.1, -0.05) is 17.3 Å². The molecule has 1 aromatic carbocycles. The highest BCUT2D eigenvalue weighted by Gasteiger charge is 2.30. The van der Waals surface area contributed by atoms with Crippen LogP contribution in [0.25, 0.3) is 11.0 Å². The number of fused-ring (bicyclic) bond motifs is 1. The lowest BCUT2D eigenvalue weighted by Crippen LogP contribution is -2.40. The zero-order valence-corrected chi connectivity index (χ0v) is 13.8. The lowest BCUT2D eigenvalue weighted by atomic mass is 9.98. The summed E-state index contributed by atoms with van der Waals surface area (Å²) in [7, 11) is 2.04. The number of piperidine rings is 1. The van der Waals surface area contributed by atoms with Crippen molar-refractivity contribution in [3.63, 3.8) is 0 Å². The number of carbonyl (C=O) groups excluding carboxylic acids is 1. The fourth-order valence-corrected chi connectivity index (χ4v) is 3.67. The maximum absolute atomic E-state index is 13.0. The largest absolute Gasteiger partial charge is 0.356 e. The molecule has 5 nitrogen and oxygen atoms in total. The van der Waals surface area contributed by atoms with Gasteiger partial charge in [0.15, 0.2) is 5.58 Å². The minimum Gasteiger partial charge on any atom is -0.356 e. The Labute approximate surface area is 140 Å². The number of benzene rings is 1. The van der Waals surface area contributed by atoms with Crippen molar-refractivity contribution in [2.45, 2.75) is 31.7 Å². The van der Waals surface area contributed by atoms with Crippen LogP contribution < -0.4 is 0 Å². The maximum Gasteiger partial charge on any atom is 0.229 e. The number of hydrogen-bond donors (Lipinski definition) is 0. The molecule has 0 radical (unpaired) electrons. The maximum atomic E-state index is 13.0. The van der Waals surface area contributed by atoms with Crippen molar-refractivity contribution < 1.29 is 9.32 Å². The molecule has 0 bridgehead atoms. The highest BCUT2D eigenvalue weighted by molar-refractivity contribution is 5.86. The summed E-state index contributed by atoms with van der Waals surface area (Å²) in [6.07, 6.45) is 5.57. The van der Waals surface area contributed by atoms with Crippen LogP contribution in [0, 0.1) is 0 Å². The molecule has 1 amide bonds. The highest BCUT2D eigenvalue weighted by atomic mass is 16.5. The van der Waals surface area contributed by atoms with Gasteiger partial charge in [0.1, 0.15) is 5.69 Å². The molecule has 1 fully saturated rings. The lowest BCUT2D eigenvalue weighted by molar-refractivity contribution is -0.134. The fourth-order valence-electron chi connectivity index (χ4n) is 3.67. The van der Waals surface area contributed by atoms with E-state index in [1.165, 1.54) is 5.69 Å². The van der Waals surface area contributed by atoms with Crippen LogP contribution in [0.5, 0.6) is 0 Å². The molecule has 1 aliphatic rings. The Bertz CT molecular complexity index is 864. The van der Waals surface area contributed by atoms with Crippen LogP contribution in [0.1, 0.15) is 36.7 Å². The molecule has 4 rings (SSSR count). The number of likely N-dealkylation sites (tertiary alicyclic amines) is 1. The van der Waals surface area contributed by atoms with E-state index in [9.17, 15) is 4.79 Å². The van der Waals surface area contributed by atoms with E-state index in [-0.39, 0.29) is 18.4 Å². The summed E-state index contributed by atoms with van der Waals surface area (Å²) >= 11 is 0. The third kappa shape index (κ3) is 2.60. The Morgan fingerprint density at radius 3 is 2.96 bits per heavy atom.